The quantitative estimate of drug-likeness (QED) is 0.445. The van der Waals surface area contributed by atoms with Crippen molar-refractivity contribution < 1.29 is 39.9 Å². The lowest BCUT2D eigenvalue weighted by Gasteiger charge is -2.23. The van der Waals surface area contributed by atoms with Crippen LogP contribution in [0.2, 0.25) is 0 Å². The van der Waals surface area contributed by atoms with E-state index in [9.17, 15) is 35.2 Å². The van der Waals surface area contributed by atoms with Crippen LogP contribution >= 0.6 is 0 Å². The second-order valence-corrected chi connectivity index (χ2v) is 10.3. The summed E-state index contributed by atoms with van der Waals surface area (Å²) >= 11 is 0. The number of carbonyl (C=O) groups is 1. The molecule has 1 N–H and O–H groups in total. The highest BCUT2D eigenvalue weighted by Gasteiger charge is 2.44. The third-order valence-electron chi connectivity index (χ3n) is 5.88. The number of benzene rings is 1. The molecule has 8 nitrogen and oxygen atoms in total. The molecule has 2 atom stereocenters. The summed E-state index contributed by atoms with van der Waals surface area (Å²) in [6.45, 7) is -0.731. The van der Waals surface area contributed by atoms with E-state index in [4.69, 9.17) is 4.74 Å². The van der Waals surface area contributed by atoms with Crippen molar-refractivity contribution in [1.29, 1.82) is 0 Å². The Morgan fingerprint density at radius 3 is 2.45 bits per heavy atom. The maximum absolute atomic E-state index is 14.2. The van der Waals surface area contributed by atoms with Crippen LogP contribution < -0.4 is 10.1 Å². The number of rotatable bonds is 7. The highest BCUT2D eigenvalue weighted by Crippen LogP contribution is 2.33. The first-order chi connectivity index (χ1) is 17.9. The van der Waals surface area contributed by atoms with Crippen molar-refractivity contribution in [2.45, 2.75) is 36.3 Å². The highest BCUT2D eigenvalue weighted by atomic mass is 32.2. The fourth-order valence-corrected chi connectivity index (χ4v) is 5.62. The third kappa shape index (κ3) is 5.75. The van der Waals surface area contributed by atoms with Crippen molar-refractivity contribution in [1.82, 2.24) is 19.6 Å². The van der Waals surface area contributed by atoms with Gasteiger partial charge in [-0.15, -0.1) is 0 Å². The number of hydrogen-bond donors (Lipinski definition) is 1. The maximum atomic E-state index is 14.2. The summed E-state index contributed by atoms with van der Waals surface area (Å²) < 4.78 is 98.0. The van der Waals surface area contributed by atoms with Crippen molar-refractivity contribution in [3.63, 3.8) is 0 Å². The Hall–Kier alpha value is -3.65. The van der Waals surface area contributed by atoms with E-state index >= 15 is 0 Å². The fourth-order valence-electron chi connectivity index (χ4n) is 3.99. The molecule has 2 aromatic heterocycles. The lowest BCUT2D eigenvalue weighted by Crippen LogP contribution is -2.45. The molecule has 1 aromatic carbocycles. The van der Waals surface area contributed by atoms with Crippen molar-refractivity contribution >= 4 is 15.9 Å². The molecule has 202 valence electrons. The summed E-state index contributed by atoms with van der Waals surface area (Å²) in [5, 5.41) is 2.53. The standard InChI is InChI=1S/C24H21F5N4O4S/c1-37-21-12-30-17(9-19(21)14-2-7-22(31-10-14)24(27,28)29)11-32-23(34)20-8-16(26)13-33(20)38(35,36)18-5-3-15(25)4-6-18/h2-7,9-10,12,16,20H,8,11,13H2,1H3,(H,32,34)/t16-,20+/m1/s1. The molecule has 38 heavy (non-hydrogen) atoms. The molecule has 1 fully saturated rings. The molecule has 1 aliphatic rings. The molecule has 0 aliphatic carbocycles. The molecular formula is C24H21F5N4O4S. The second kappa shape index (κ2) is 10.6. The van der Waals surface area contributed by atoms with Gasteiger partial charge in [0, 0.05) is 30.3 Å². The lowest BCUT2D eigenvalue weighted by molar-refractivity contribution is -0.141. The number of alkyl halides is 4. The lowest BCUT2D eigenvalue weighted by atomic mass is 10.1. The molecule has 1 aliphatic heterocycles. The summed E-state index contributed by atoms with van der Waals surface area (Å²) in [4.78, 5) is 20.2. The first-order valence-electron chi connectivity index (χ1n) is 11.2. The average molecular weight is 557 g/mol. The van der Waals surface area contributed by atoms with Crippen LogP contribution in [-0.4, -0.2) is 54.5 Å². The number of amides is 1. The molecule has 4 rings (SSSR count). The zero-order valence-corrected chi connectivity index (χ0v) is 20.6. The van der Waals surface area contributed by atoms with E-state index in [1.807, 2.05) is 0 Å². The van der Waals surface area contributed by atoms with Crippen molar-refractivity contribution in [2.24, 2.45) is 0 Å². The Morgan fingerprint density at radius 1 is 1.13 bits per heavy atom. The summed E-state index contributed by atoms with van der Waals surface area (Å²) in [6.07, 6.45) is -4.22. The number of ether oxygens (including phenoxy) is 1. The minimum absolute atomic E-state index is 0.193. The Balaban J connectivity index is 1.52. The molecule has 0 unspecified atom stereocenters. The number of nitrogens with one attached hydrogen (secondary N) is 1. The second-order valence-electron chi connectivity index (χ2n) is 8.40. The van der Waals surface area contributed by atoms with Gasteiger partial charge < -0.3 is 10.1 Å². The third-order valence-corrected chi connectivity index (χ3v) is 7.77. The maximum Gasteiger partial charge on any atom is 0.433 e. The van der Waals surface area contributed by atoms with E-state index in [-0.39, 0.29) is 29.3 Å². The van der Waals surface area contributed by atoms with Gasteiger partial charge >= 0.3 is 6.18 Å². The van der Waals surface area contributed by atoms with E-state index in [1.165, 1.54) is 25.4 Å². The van der Waals surface area contributed by atoms with Crippen LogP contribution in [0.5, 0.6) is 5.75 Å². The van der Waals surface area contributed by atoms with Crippen molar-refractivity contribution in [3.8, 4) is 16.9 Å². The zero-order valence-electron chi connectivity index (χ0n) is 19.7. The number of pyridine rings is 2. The minimum atomic E-state index is -4.60. The van der Waals surface area contributed by atoms with Crippen molar-refractivity contribution in [2.75, 3.05) is 13.7 Å². The highest BCUT2D eigenvalue weighted by molar-refractivity contribution is 7.89. The van der Waals surface area contributed by atoms with Gasteiger partial charge in [0.1, 0.15) is 29.5 Å². The van der Waals surface area contributed by atoms with Crippen LogP contribution in [0.1, 0.15) is 17.8 Å². The van der Waals surface area contributed by atoms with E-state index in [0.717, 1.165) is 40.8 Å². The van der Waals surface area contributed by atoms with Gasteiger partial charge in [-0.3, -0.25) is 14.8 Å². The number of nitrogens with zero attached hydrogens (tertiary/aromatic N) is 3. The number of aromatic nitrogens is 2. The Labute approximate surface area is 214 Å². The van der Waals surface area contributed by atoms with Crippen molar-refractivity contribution in [3.05, 3.63) is 72.1 Å². The molecule has 0 spiro atoms. The Morgan fingerprint density at radius 2 is 1.84 bits per heavy atom. The molecule has 14 heteroatoms. The van der Waals surface area contributed by atoms with Gasteiger partial charge in [0.2, 0.25) is 15.9 Å². The van der Waals surface area contributed by atoms with Gasteiger partial charge in [0.25, 0.3) is 0 Å². The first kappa shape index (κ1) is 27.4. The Kier molecular flexibility index (Phi) is 7.65. The van der Waals surface area contributed by atoms with Gasteiger partial charge in [0.15, 0.2) is 0 Å². The molecule has 0 radical (unpaired) electrons. The van der Waals surface area contributed by atoms with Crippen LogP contribution in [0.3, 0.4) is 0 Å². The fraction of sp³-hybridized carbons (Fsp3) is 0.292. The predicted octanol–water partition coefficient (Wildman–Crippen LogP) is 3.73. The van der Waals surface area contributed by atoms with Crippen LogP contribution in [0.15, 0.2) is 59.8 Å². The number of hydrogen-bond acceptors (Lipinski definition) is 6. The van der Waals surface area contributed by atoms with Crippen LogP contribution in [0.25, 0.3) is 11.1 Å². The number of sulfonamides is 1. The summed E-state index contributed by atoms with van der Waals surface area (Å²) in [5.74, 6) is -1.18. The number of carbonyl (C=O) groups excluding carboxylic acids is 1. The molecule has 1 amide bonds. The number of methoxy groups -OCH3 is 1. The van der Waals surface area contributed by atoms with E-state index in [0.29, 0.717) is 11.1 Å². The SMILES string of the molecule is COc1cnc(CNC(=O)[C@@H]2C[C@@H](F)CN2S(=O)(=O)c2ccc(F)cc2)cc1-c1ccc(C(F)(F)F)nc1. The molecule has 1 saturated heterocycles. The molecular weight excluding hydrogens is 535 g/mol. The van der Waals surface area contributed by atoms with Gasteiger partial charge in [-0.1, -0.05) is 6.07 Å². The van der Waals surface area contributed by atoms with E-state index < -0.39 is 52.4 Å². The Bertz CT molecular complexity index is 1420. The first-order valence-corrected chi connectivity index (χ1v) is 12.6. The summed E-state index contributed by atoms with van der Waals surface area (Å²) in [7, 11) is -2.93. The smallest absolute Gasteiger partial charge is 0.433 e. The predicted molar refractivity (Wildman–Crippen MR) is 124 cm³/mol. The van der Waals surface area contributed by atoms with Crippen LogP contribution in [-0.2, 0) is 27.5 Å². The van der Waals surface area contributed by atoms with Crippen LogP contribution in [0, 0.1) is 5.82 Å². The zero-order chi connectivity index (χ0) is 27.7. The van der Waals surface area contributed by atoms with Gasteiger partial charge in [-0.25, -0.2) is 17.2 Å². The van der Waals surface area contributed by atoms with E-state index in [2.05, 4.69) is 15.3 Å². The largest absolute Gasteiger partial charge is 0.494 e. The minimum Gasteiger partial charge on any atom is -0.494 e. The van der Waals surface area contributed by atoms with Crippen LogP contribution in [0.4, 0.5) is 22.0 Å². The molecule has 0 bridgehead atoms. The number of halogens is 5. The average Bonchev–Trinajstić information content (AvgIpc) is 3.29. The molecule has 0 saturated carbocycles. The van der Waals surface area contributed by atoms with E-state index in [1.54, 1.807) is 0 Å². The van der Waals surface area contributed by atoms with Gasteiger partial charge in [0.05, 0.1) is 30.4 Å². The molecule has 3 aromatic rings. The van der Waals surface area contributed by atoms with Gasteiger partial charge in [-0.2, -0.15) is 17.5 Å². The normalized spacial score (nSPS) is 18.4. The van der Waals surface area contributed by atoms with Gasteiger partial charge in [-0.05, 0) is 36.4 Å². The molecule has 3 heterocycles. The summed E-state index contributed by atoms with van der Waals surface area (Å²) in [6, 6.07) is 6.12. The topological polar surface area (TPSA) is 101 Å². The summed E-state index contributed by atoms with van der Waals surface area (Å²) in [5.41, 5.74) is -0.128. The monoisotopic (exact) mass is 556 g/mol.